The molecule has 2 fully saturated rings. The number of nitrogens with zero attached hydrogens (tertiary/aromatic N) is 1. The number of rotatable bonds is 4. The van der Waals surface area contributed by atoms with E-state index in [1.807, 2.05) is 0 Å². The molecular formula is C15H26N2O3. The molecule has 114 valence electrons. The number of carbonyl (C=O) groups is 2. The van der Waals surface area contributed by atoms with Crippen molar-refractivity contribution in [3.05, 3.63) is 0 Å². The molecule has 0 aromatic heterocycles. The van der Waals surface area contributed by atoms with Crippen LogP contribution < -0.4 is 5.32 Å². The average molecular weight is 282 g/mol. The molecule has 1 atom stereocenters. The van der Waals surface area contributed by atoms with Gasteiger partial charge in [0.1, 0.15) is 0 Å². The molecule has 2 N–H and O–H groups in total. The standard InChI is InChI=1S/C15H26N2O3/c1-15(13(18)19)8-10-17(11-15)14(20)16-9-7-12-5-3-2-4-6-12/h12H,2-11H2,1H3,(H,16,20)(H,18,19). The summed E-state index contributed by atoms with van der Waals surface area (Å²) in [6, 6.07) is -0.106. The number of likely N-dealkylation sites (tertiary alicyclic amines) is 1. The van der Waals surface area contributed by atoms with Crippen LogP contribution in [-0.4, -0.2) is 41.6 Å². The van der Waals surface area contributed by atoms with Crippen LogP contribution in [0.15, 0.2) is 0 Å². The Hall–Kier alpha value is -1.26. The van der Waals surface area contributed by atoms with Gasteiger partial charge in [-0.25, -0.2) is 4.79 Å². The van der Waals surface area contributed by atoms with Crippen molar-refractivity contribution in [1.29, 1.82) is 0 Å². The van der Waals surface area contributed by atoms with Gasteiger partial charge in [0.25, 0.3) is 0 Å². The monoisotopic (exact) mass is 282 g/mol. The van der Waals surface area contributed by atoms with Crippen LogP contribution in [0.5, 0.6) is 0 Å². The lowest BCUT2D eigenvalue weighted by Gasteiger charge is -2.23. The molecular weight excluding hydrogens is 256 g/mol. The van der Waals surface area contributed by atoms with E-state index >= 15 is 0 Å². The van der Waals surface area contributed by atoms with Crippen molar-refractivity contribution in [1.82, 2.24) is 10.2 Å². The van der Waals surface area contributed by atoms with E-state index in [0.717, 1.165) is 12.3 Å². The number of carboxylic acids is 1. The summed E-state index contributed by atoms with van der Waals surface area (Å²) >= 11 is 0. The van der Waals surface area contributed by atoms with Gasteiger partial charge in [0.05, 0.1) is 5.41 Å². The molecule has 1 aliphatic carbocycles. The van der Waals surface area contributed by atoms with Crippen molar-refractivity contribution in [2.24, 2.45) is 11.3 Å². The lowest BCUT2D eigenvalue weighted by atomic mass is 9.87. The number of amides is 2. The molecule has 1 saturated carbocycles. The van der Waals surface area contributed by atoms with Crippen LogP contribution >= 0.6 is 0 Å². The highest BCUT2D eigenvalue weighted by atomic mass is 16.4. The zero-order chi connectivity index (χ0) is 14.6. The molecule has 0 aromatic rings. The topological polar surface area (TPSA) is 69.6 Å². The van der Waals surface area contributed by atoms with Crippen molar-refractivity contribution in [2.45, 2.75) is 51.9 Å². The Bertz CT molecular complexity index is 366. The summed E-state index contributed by atoms with van der Waals surface area (Å²) in [7, 11) is 0. The van der Waals surface area contributed by atoms with Gasteiger partial charge in [-0.3, -0.25) is 4.79 Å². The largest absolute Gasteiger partial charge is 0.481 e. The van der Waals surface area contributed by atoms with Crippen LogP contribution in [0.1, 0.15) is 51.9 Å². The van der Waals surface area contributed by atoms with Crippen LogP contribution in [0.2, 0.25) is 0 Å². The molecule has 0 spiro atoms. The maximum absolute atomic E-state index is 12.0. The minimum atomic E-state index is -0.810. The minimum absolute atomic E-state index is 0.106. The van der Waals surface area contributed by atoms with Crippen molar-refractivity contribution >= 4 is 12.0 Å². The van der Waals surface area contributed by atoms with E-state index in [-0.39, 0.29) is 6.03 Å². The fourth-order valence-corrected chi connectivity index (χ4v) is 3.28. The Morgan fingerprint density at radius 1 is 1.30 bits per heavy atom. The zero-order valence-corrected chi connectivity index (χ0v) is 12.4. The summed E-state index contributed by atoms with van der Waals surface area (Å²) in [4.78, 5) is 24.8. The summed E-state index contributed by atoms with van der Waals surface area (Å²) in [6.07, 6.45) is 8.16. The molecule has 0 aromatic carbocycles. The second-order valence-electron chi connectivity index (χ2n) is 6.56. The Balaban J connectivity index is 1.69. The fourth-order valence-electron chi connectivity index (χ4n) is 3.28. The summed E-state index contributed by atoms with van der Waals surface area (Å²) in [5, 5.41) is 12.1. The molecule has 2 amide bonds. The van der Waals surface area contributed by atoms with Crippen LogP contribution in [0, 0.1) is 11.3 Å². The van der Waals surface area contributed by atoms with Crippen LogP contribution in [0.4, 0.5) is 4.79 Å². The third-order valence-corrected chi connectivity index (χ3v) is 4.83. The SMILES string of the molecule is CC1(C(=O)O)CCN(C(=O)NCCC2CCCCC2)C1. The van der Waals surface area contributed by atoms with E-state index in [9.17, 15) is 9.59 Å². The first kappa shape index (κ1) is 15.1. The van der Waals surface area contributed by atoms with Crippen molar-refractivity contribution < 1.29 is 14.7 Å². The van der Waals surface area contributed by atoms with Gasteiger partial charge in [-0.2, -0.15) is 0 Å². The predicted octanol–water partition coefficient (Wildman–Crippen LogP) is 2.46. The maximum Gasteiger partial charge on any atom is 0.317 e. The van der Waals surface area contributed by atoms with Gasteiger partial charge in [-0.05, 0) is 25.7 Å². The lowest BCUT2D eigenvalue weighted by molar-refractivity contribution is -0.146. The number of hydrogen-bond donors (Lipinski definition) is 2. The van der Waals surface area contributed by atoms with Gasteiger partial charge in [0.15, 0.2) is 0 Å². The van der Waals surface area contributed by atoms with E-state index in [0.29, 0.717) is 26.1 Å². The first-order valence-electron chi connectivity index (χ1n) is 7.77. The summed E-state index contributed by atoms with van der Waals surface area (Å²) in [6.45, 7) is 3.28. The molecule has 0 radical (unpaired) electrons. The summed E-state index contributed by atoms with van der Waals surface area (Å²) < 4.78 is 0. The van der Waals surface area contributed by atoms with Gasteiger partial charge in [-0.15, -0.1) is 0 Å². The third kappa shape index (κ3) is 3.64. The minimum Gasteiger partial charge on any atom is -0.481 e. The number of carboxylic acid groups (broad SMARTS) is 1. The second-order valence-corrected chi connectivity index (χ2v) is 6.56. The van der Waals surface area contributed by atoms with Crippen LogP contribution in [0.25, 0.3) is 0 Å². The van der Waals surface area contributed by atoms with Gasteiger partial charge >= 0.3 is 12.0 Å². The van der Waals surface area contributed by atoms with E-state index in [4.69, 9.17) is 5.11 Å². The lowest BCUT2D eigenvalue weighted by Crippen LogP contribution is -2.41. The number of urea groups is 1. The van der Waals surface area contributed by atoms with Crippen molar-refractivity contribution in [3.8, 4) is 0 Å². The van der Waals surface area contributed by atoms with Crippen molar-refractivity contribution in [2.75, 3.05) is 19.6 Å². The quantitative estimate of drug-likeness (QED) is 0.832. The molecule has 5 heteroatoms. The summed E-state index contributed by atoms with van der Waals surface area (Å²) in [5.41, 5.74) is -0.777. The first-order valence-corrected chi connectivity index (χ1v) is 7.77. The molecule has 1 unspecified atom stereocenters. The molecule has 2 rings (SSSR count). The van der Waals surface area contributed by atoms with Gasteiger partial charge in [0, 0.05) is 19.6 Å². The Morgan fingerprint density at radius 2 is 2.00 bits per heavy atom. The molecule has 20 heavy (non-hydrogen) atoms. The number of hydrogen-bond acceptors (Lipinski definition) is 2. The molecule has 1 saturated heterocycles. The van der Waals surface area contributed by atoms with E-state index < -0.39 is 11.4 Å². The van der Waals surface area contributed by atoms with E-state index in [1.54, 1.807) is 11.8 Å². The van der Waals surface area contributed by atoms with E-state index in [2.05, 4.69) is 5.32 Å². The van der Waals surface area contributed by atoms with Gasteiger partial charge < -0.3 is 15.3 Å². The van der Waals surface area contributed by atoms with Crippen molar-refractivity contribution in [3.63, 3.8) is 0 Å². The molecule has 1 aliphatic heterocycles. The first-order chi connectivity index (χ1) is 9.51. The molecule has 1 heterocycles. The highest BCUT2D eigenvalue weighted by molar-refractivity contribution is 5.79. The molecule has 0 bridgehead atoms. The maximum atomic E-state index is 12.0. The molecule has 5 nitrogen and oxygen atoms in total. The number of aliphatic carboxylic acids is 1. The normalized spacial score (nSPS) is 27.6. The Labute approximate surface area is 120 Å². The van der Waals surface area contributed by atoms with Gasteiger partial charge in [0.2, 0.25) is 0 Å². The third-order valence-electron chi connectivity index (χ3n) is 4.83. The predicted molar refractivity (Wildman–Crippen MR) is 76.5 cm³/mol. The average Bonchev–Trinajstić information content (AvgIpc) is 2.84. The second kappa shape index (κ2) is 6.46. The fraction of sp³-hybridized carbons (Fsp3) is 0.867. The smallest absolute Gasteiger partial charge is 0.317 e. The van der Waals surface area contributed by atoms with E-state index in [1.165, 1.54) is 32.1 Å². The number of nitrogens with one attached hydrogen (secondary N) is 1. The van der Waals surface area contributed by atoms with Gasteiger partial charge in [-0.1, -0.05) is 32.1 Å². The zero-order valence-electron chi connectivity index (χ0n) is 12.4. The highest BCUT2D eigenvalue weighted by Gasteiger charge is 2.42. The highest BCUT2D eigenvalue weighted by Crippen LogP contribution is 2.30. The number of carbonyl (C=O) groups excluding carboxylic acids is 1. The molecule has 2 aliphatic rings. The Morgan fingerprint density at radius 3 is 2.60 bits per heavy atom. The Kier molecular flexibility index (Phi) is 4.89. The van der Waals surface area contributed by atoms with Crippen LogP contribution in [-0.2, 0) is 4.79 Å². The van der Waals surface area contributed by atoms with Crippen LogP contribution in [0.3, 0.4) is 0 Å². The summed E-state index contributed by atoms with van der Waals surface area (Å²) in [5.74, 6) is -0.0538.